The molecule has 34 heavy (non-hydrogen) atoms. The minimum Gasteiger partial charge on any atom is -0.481 e. The molecule has 0 saturated heterocycles. The van der Waals surface area contributed by atoms with E-state index < -0.39 is 5.97 Å². The lowest BCUT2D eigenvalue weighted by Gasteiger charge is -2.18. The molecule has 0 bridgehead atoms. The average Bonchev–Trinajstić information content (AvgIpc) is 2.81. The number of carboxylic acids is 1. The molecule has 0 aliphatic carbocycles. The molecule has 0 amide bonds. The van der Waals surface area contributed by atoms with Crippen molar-refractivity contribution in [3.8, 4) is 0 Å². The molecule has 0 aliphatic rings. The summed E-state index contributed by atoms with van der Waals surface area (Å²) < 4.78 is 5.77. The van der Waals surface area contributed by atoms with Crippen LogP contribution in [0.4, 0.5) is 0 Å². The van der Waals surface area contributed by atoms with E-state index in [-0.39, 0.29) is 18.5 Å². The van der Waals surface area contributed by atoms with Gasteiger partial charge in [-0.25, -0.2) is 0 Å². The molecule has 0 aliphatic heterocycles. The van der Waals surface area contributed by atoms with Gasteiger partial charge in [0.2, 0.25) is 0 Å². The van der Waals surface area contributed by atoms with E-state index in [1.165, 1.54) is 44.9 Å². The summed E-state index contributed by atoms with van der Waals surface area (Å²) in [6.07, 6.45) is 30.6. The van der Waals surface area contributed by atoms with Gasteiger partial charge in [0, 0.05) is 12.8 Å². The molecule has 0 radical (unpaired) electrons. The number of hydrogen-bond acceptors (Lipinski definition) is 3. The highest BCUT2D eigenvalue weighted by atomic mass is 16.5. The predicted molar refractivity (Wildman–Crippen MR) is 144 cm³/mol. The van der Waals surface area contributed by atoms with Crippen molar-refractivity contribution in [3.63, 3.8) is 0 Å². The quantitative estimate of drug-likeness (QED) is 0.0806. The molecule has 1 atom stereocenters. The van der Waals surface area contributed by atoms with Gasteiger partial charge in [-0.2, -0.15) is 0 Å². The van der Waals surface area contributed by atoms with Crippen molar-refractivity contribution >= 4 is 11.9 Å². The van der Waals surface area contributed by atoms with Gasteiger partial charge in [0.15, 0.2) is 0 Å². The lowest BCUT2D eigenvalue weighted by atomic mass is 10.0. The van der Waals surface area contributed by atoms with Crippen LogP contribution in [-0.4, -0.2) is 23.1 Å². The molecule has 198 valence electrons. The van der Waals surface area contributed by atoms with Crippen LogP contribution in [0.25, 0.3) is 0 Å². The zero-order valence-corrected chi connectivity index (χ0v) is 22.4. The van der Waals surface area contributed by atoms with Gasteiger partial charge in [0.25, 0.3) is 0 Å². The normalized spacial score (nSPS) is 12.5. The number of unbranched alkanes of at least 4 members (excludes halogenated alkanes) is 12. The summed E-state index contributed by atoms with van der Waals surface area (Å²) in [5.74, 6) is -0.791. The van der Waals surface area contributed by atoms with Crippen molar-refractivity contribution in [3.05, 3.63) is 24.3 Å². The second-order valence-corrected chi connectivity index (χ2v) is 9.58. The highest BCUT2D eigenvalue weighted by Crippen LogP contribution is 2.17. The summed E-state index contributed by atoms with van der Waals surface area (Å²) >= 11 is 0. The van der Waals surface area contributed by atoms with Gasteiger partial charge in [0.1, 0.15) is 6.10 Å². The van der Waals surface area contributed by atoms with Crippen molar-refractivity contribution in [2.24, 2.45) is 0 Å². The first kappa shape index (κ1) is 32.4. The molecule has 0 aromatic rings. The zero-order valence-electron chi connectivity index (χ0n) is 22.4. The molecule has 0 fully saturated rings. The van der Waals surface area contributed by atoms with Gasteiger partial charge < -0.3 is 9.84 Å². The van der Waals surface area contributed by atoms with Crippen LogP contribution < -0.4 is 0 Å². The second kappa shape index (κ2) is 26.0. The number of carbonyl (C=O) groups excluding carboxylic acids is 1. The van der Waals surface area contributed by atoms with Crippen LogP contribution in [0, 0.1) is 0 Å². The number of aliphatic carboxylic acids is 1. The minimum absolute atomic E-state index is 0.00171. The highest BCUT2D eigenvalue weighted by molar-refractivity contribution is 5.69. The molecular weight excluding hydrogens is 424 g/mol. The molecule has 1 unspecified atom stereocenters. The van der Waals surface area contributed by atoms with E-state index in [1.54, 1.807) is 0 Å². The maximum absolute atomic E-state index is 12.3. The Morgan fingerprint density at radius 2 is 1.15 bits per heavy atom. The predicted octanol–water partition coefficient (Wildman–Crippen LogP) is 9.33. The topological polar surface area (TPSA) is 63.6 Å². The summed E-state index contributed by atoms with van der Waals surface area (Å²) in [5, 5.41) is 8.74. The average molecular weight is 479 g/mol. The Kier molecular flexibility index (Phi) is 24.8. The molecule has 0 aromatic carbocycles. The molecule has 0 heterocycles. The van der Waals surface area contributed by atoms with Crippen molar-refractivity contribution in [2.75, 3.05) is 0 Å². The van der Waals surface area contributed by atoms with Gasteiger partial charge in [-0.3, -0.25) is 9.59 Å². The third-order valence-corrected chi connectivity index (χ3v) is 6.18. The number of esters is 1. The van der Waals surface area contributed by atoms with Crippen molar-refractivity contribution in [1.29, 1.82) is 0 Å². The first-order valence-electron chi connectivity index (χ1n) is 14.3. The van der Waals surface area contributed by atoms with E-state index in [1.807, 2.05) is 0 Å². The molecule has 0 spiro atoms. The van der Waals surface area contributed by atoms with Gasteiger partial charge in [-0.15, -0.1) is 0 Å². The number of ether oxygens (including phenoxy) is 1. The Hall–Kier alpha value is -1.58. The van der Waals surface area contributed by atoms with Crippen molar-refractivity contribution in [2.45, 2.75) is 155 Å². The summed E-state index contributed by atoms with van der Waals surface area (Å²) in [4.78, 5) is 22.9. The van der Waals surface area contributed by atoms with Gasteiger partial charge in [0.05, 0.1) is 0 Å². The fraction of sp³-hybridized carbons (Fsp3) is 0.800. The van der Waals surface area contributed by atoms with E-state index in [4.69, 9.17) is 9.84 Å². The standard InChI is InChI=1S/C30H54O4/c1-3-5-7-8-9-10-11-12-13-14-15-16-17-18-23-27-30(33)34-28(24-20-6-4-2)25-21-19-22-26-29(31)32/h9-10,12-13,28H,3-8,11,14-27H2,1-2H3,(H,31,32)/b10-9-,13-12-. The van der Waals surface area contributed by atoms with E-state index in [0.717, 1.165) is 70.6 Å². The van der Waals surface area contributed by atoms with Crippen LogP contribution in [0.3, 0.4) is 0 Å². The largest absolute Gasteiger partial charge is 0.481 e. The Bertz CT molecular complexity index is 524. The summed E-state index contributed by atoms with van der Waals surface area (Å²) in [5.41, 5.74) is 0. The Morgan fingerprint density at radius 3 is 1.79 bits per heavy atom. The Labute approximate surface area is 210 Å². The number of allylic oxidation sites excluding steroid dienone is 4. The molecule has 0 saturated carbocycles. The minimum atomic E-state index is -0.733. The lowest BCUT2D eigenvalue weighted by Crippen LogP contribution is -2.18. The Morgan fingerprint density at radius 1 is 0.647 bits per heavy atom. The first-order valence-corrected chi connectivity index (χ1v) is 14.3. The molecule has 4 heteroatoms. The smallest absolute Gasteiger partial charge is 0.306 e. The van der Waals surface area contributed by atoms with Gasteiger partial charge in [-0.05, 0) is 70.6 Å². The zero-order chi connectivity index (χ0) is 25.1. The van der Waals surface area contributed by atoms with Crippen LogP contribution in [0.5, 0.6) is 0 Å². The fourth-order valence-corrected chi connectivity index (χ4v) is 4.03. The summed E-state index contributed by atoms with van der Waals surface area (Å²) in [6, 6.07) is 0. The fourth-order valence-electron chi connectivity index (χ4n) is 4.03. The summed E-state index contributed by atoms with van der Waals surface area (Å²) in [6.45, 7) is 4.42. The van der Waals surface area contributed by atoms with Crippen LogP contribution in [0.15, 0.2) is 24.3 Å². The van der Waals surface area contributed by atoms with Crippen molar-refractivity contribution < 1.29 is 19.4 Å². The van der Waals surface area contributed by atoms with Gasteiger partial charge >= 0.3 is 11.9 Å². The van der Waals surface area contributed by atoms with E-state index >= 15 is 0 Å². The van der Waals surface area contributed by atoms with E-state index in [0.29, 0.717) is 12.8 Å². The molecule has 0 rings (SSSR count). The lowest BCUT2D eigenvalue weighted by molar-refractivity contribution is -0.150. The molecular formula is C30H54O4. The molecule has 0 aromatic heterocycles. The maximum Gasteiger partial charge on any atom is 0.306 e. The number of rotatable bonds is 25. The monoisotopic (exact) mass is 478 g/mol. The first-order chi connectivity index (χ1) is 16.6. The van der Waals surface area contributed by atoms with Crippen LogP contribution in [0.2, 0.25) is 0 Å². The van der Waals surface area contributed by atoms with Crippen LogP contribution in [-0.2, 0) is 14.3 Å². The van der Waals surface area contributed by atoms with Crippen LogP contribution >= 0.6 is 0 Å². The Balaban J connectivity index is 3.78. The second-order valence-electron chi connectivity index (χ2n) is 9.58. The number of carbonyl (C=O) groups is 2. The van der Waals surface area contributed by atoms with Gasteiger partial charge in [-0.1, -0.05) is 89.5 Å². The van der Waals surface area contributed by atoms with Crippen molar-refractivity contribution in [1.82, 2.24) is 0 Å². The van der Waals surface area contributed by atoms with E-state index in [9.17, 15) is 9.59 Å². The highest BCUT2D eigenvalue weighted by Gasteiger charge is 2.14. The molecule has 4 nitrogen and oxygen atoms in total. The number of carboxylic acid groups (broad SMARTS) is 1. The summed E-state index contributed by atoms with van der Waals surface area (Å²) in [7, 11) is 0. The molecule has 1 N–H and O–H groups in total. The SMILES string of the molecule is CCCCC/C=C\C/C=C\CCCCCCCC(=O)OC(CCCCC)CCCCCC(=O)O. The maximum atomic E-state index is 12.3. The van der Waals surface area contributed by atoms with E-state index in [2.05, 4.69) is 38.2 Å². The van der Waals surface area contributed by atoms with Crippen LogP contribution in [0.1, 0.15) is 149 Å². The third-order valence-electron chi connectivity index (χ3n) is 6.18. The third kappa shape index (κ3) is 25.1. The number of hydrogen-bond donors (Lipinski definition) is 1.